The number of hydrogen-bond donors (Lipinski definition) is 3. The van der Waals surface area contributed by atoms with E-state index >= 15 is 0 Å². The van der Waals surface area contributed by atoms with E-state index in [2.05, 4.69) is 34.6 Å². The standard InChI is InChI=1S/C22H39N3O4SSi/c1-22(20(21(26)27)16-19-8-6-5-7-9-19)17-23-10-12-25(18-22)13-11-24-30(28,29)14-15-31(2,3)4/h5-9,20,23-24H,10-18H2,1-4H3,(H,26,27). The van der Waals surface area contributed by atoms with Crippen LogP contribution in [0.3, 0.4) is 0 Å². The fourth-order valence-electron chi connectivity index (χ4n) is 4.03. The smallest absolute Gasteiger partial charge is 0.307 e. The van der Waals surface area contributed by atoms with E-state index in [0.717, 1.165) is 24.7 Å². The maximum absolute atomic E-state index is 12.3. The lowest BCUT2D eigenvalue weighted by Gasteiger charge is -2.37. The fourth-order valence-corrected chi connectivity index (χ4v) is 8.11. The van der Waals surface area contributed by atoms with Crippen LogP contribution in [0, 0.1) is 11.3 Å². The highest BCUT2D eigenvalue weighted by Gasteiger charge is 2.41. The Bertz CT molecular complexity index is 814. The quantitative estimate of drug-likeness (QED) is 0.429. The molecule has 1 fully saturated rings. The summed E-state index contributed by atoms with van der Waals surface area (Å²) in [6, 6.07) is 10.5. The molecular formula is C22H39N3O4SSi. The van der Waals surface area contributed by atoms with Gasteiger partial charge in [0.1, 0.15) is 0 Å². The first-order chi connectivity index (χ1) is 14.4. The molecule has 0 saturated carbocycles. The summed E-state index contributed by atoms with van der Waals surface area (Å²) in [4.78, 5) is 14.4. The third-order valence-electron chi connectivity index (χ3n) is 6.01. The Kier molecular flexibility index (Phi) is 9.26. The van der Waals surface area contributed by atoms with Crippen LogP contribution < -0.4 is 10.0 Å². The SMILES string of the molecule is CC1(C(Cc2ccccc2)C(=O)O)CNCCN(CCNS(=O)(=O)CC[Si](C)(C)C)C1. The van der Waals surface area contributed by atoms with Crippen LogP contribution >= 0.6 is 0 Å². The van der Waals surface area contributed by atoms with Crippen molar-refractivity contribution in [1.82, 2.24) is 14.9 Å². The van der Waals surface area contributed by atoms with Crippen molar-refractivity contribution in [2.24, 2.45) is 11.3 Å². The molecule has 2 atom stereocenters. The number of carboxylic acids is 1. The topological polar surface area (TPSA) is 98.7 Å². The highest BCUT2D eigenvalue weighted by atomic mass is 32.2. The van der Waals surface area contributed by atoms with Crippen molar-refractivity contribution in [3.63, 3.8) is 0 Å². The summed E-state index contributed by atoms with van der Waals surface area (Å²) in [5.74, 6) is -1.14. The molecular weight excluding hydrogens is 430 g/mol. The molecule has 0 amide bonds. The number of sulfonamides is 1. The molecule has 0 aromatic heterocycles. The van der Waals surface area contributed by atoms with Crippen molar-refractivity contribution in [2.75, 3.05) is 45.0 Å². The summed E-state index contributed by atoms with van der Waals surface area (Å²) in [6.07, 6.45) is 0.478. The largest absolute Gasteiger partial charge is 0.481 e. The molecule has 9 heteroatoms. The van der Waals surface area contributed by atoms with Gasteiger partial charge in [0.2, 0.25) is 10.0 Å². The molecule has 1 aliphatic heterocycles. The molecule has 0 radical (unpaired) electrons. The van der Waals surface area contributed by atoms with Crippen molar-refractivity contribution in [3.05, 3.63) is 35.9 Å². The Morgan fingerprint density at radius 2 is 1.97 bits per heavy atom. The predicted molar refractivity (Wildman–Crippen MR) is 129 cm³/mol. The summed E-state index contributed by atoms with van der Waals surface area (Å²) < 4.78 is 27.4. The summed E-state index contributed by atoms with van der Waals surface area (Å²) in [7, 11) is -4.69. The minimum Gasteiger partial charge on any atom is -0.481 e. The molecule has 1 aliphatic rings. The van der Waals surface area contributed by atoms with E-state index in [-0.39, 0.29) is 5.75 Å². The number of aliphatic carboxylic acids is 1. The second-order valence-corrected chi connectivity index (χ2v) is 17.8. The van der Waals surface area contributed by atoms with Crippen LogP contribution in [0.15, 0.2) is 30.3 Å². The van der Waals surface area contributed by atoms with Crippen LogP contribution in [0.4, 0.5) is 0 Å². The van der Waals surface area contributed by atoms with E-state index in [1.54, 1.807) is 0 Å². The number of nitrogens with one attached hydrogen (secondary N) is 2. The molecule has 0 bridgehead atoms. The molecule has 7 nitrogen and oxygen atoms in total. The van der Waals surface area contributed by atoms with Gasteiger partial charge in [-0.05, 0) is 18.0 Å². The Morgan fingerprint density at radius 1 is 1.29 bits per heavy atom. The summed E-state index contributed by atoms with van der Waals surface area (Å²) in [5.41, 5.74) is 0.552. The van der Waals surface area contributed by atoms with E-state index in [1.165, 1.54) is 0 Å². The van der Waals surface area contributed by atoms with Gasteiger partial charge in [-0.25, -0.2) is 13.1 Å². The van der Waals surface area contributed by atoms with Gasteiger partial charge < -0.3 is 15.3 Å². The highest BCUT2D eigenvalue weighted by Crippen LogP contribution is 2.32. The second kappa shape index (κ2) is 11.0. The van der Waals surface area contributed by atoms with Crippen LogP contribution in [0.2, 0.25) is 25.7 Å². The molecule has 2 rings (SSSR count). The maximum atomic E-state index is 12.3. The van der Waals surface area contributed by atoms with Crippen molar-refractivity contribution < 1.29 is 18.3 Å². The highest BCUT2D eigenvalue weighted by molar-refractivity contribution is 7.89. The second-order valence-electron chi connectivity index (χ2n) is 10.2. The molecule has 2 unspecified atom stereocenters. The lowest BCUT2D eigenvalue weighted by molar-refractivity contribution is -0.146. The number of benzene rings is 1. The third kappa shape index (κ3) is 9.01. The maximum Gasteiger partial charge on any atom is 0.307 e. The zero-order valence-corrected chi connectivity index (χ0v) is 21.2. The zero-order valence-electron chi connectivity index (χ0n) is 19.4. The first kappa shape index (κ1) is 26.0. The van der Waals surface area contributed by atoms with Crippen molar-refractivity contribution >= 4 is 24.1 Å². The van der Waals surface area contributed by atoms with Crippen LogP contribution in [0.25, 0.3) is 0 Å². The zero-order chi connectivity index (χ0) is 23.1. The molecule has 0 spiro atoms. The molecule has 1 heterocycles. The van der Waals surface area contributed by atoms with E-state index < -0.39 is 35.4 Å². The molecule has 0 aliphatic carbocycles. The van der Waals surface area contributed by atoms with E-state index in [0.29, 0.717) is 32.6 Å². The van der Waals surface area contributed by atoms with Crippen molar-refractivity contribution in [1.29, 1.82) is 0 Å². The summed E-state index contributed by atoms with van der Waals surface area (Å²) >= 11 is 0. The van der Waals surface area contributed by atoms with Gasteiger partial charge in [-0.2, -0.15) is 0 Å². The lowest BCUT2D eigenvalue weighted by atomic mass is 9.73. The van der Waals surface area contributed by atoms with E-state index in [9.17, 15) is 18.3 Å². The Morgan fingerprint density at radius 3 is 2.58 bits per heavy atom. The number of carboxylic acid groups (broad SMARTS) is 1. The number of rotatable bonds is 11. The van der Waals surface area contributed by atoms with Gasteiger partial charge in [-0.15, -0.1) is 0 Å². The van der Waals surface area contributed by atoms with Gasteiger partial charge >= 0.3 is 5.97 Å². The summed E-state index contributed by atoms with van der Waals surface area (Å²) in [5, 5.41) is 13.4. The Hall–Kier alpha value is -1.26. The minimum absolute atomic E-state index is 0.181. The van der Waals surface area contributed by atoms with Gasteiger partial charge in [-0.3, -0.25) is 4.79 Å². The molecule has 1 saturated heterocycles. The van der Waals surface area contributed by atoms with Gasteiger partial charge in [0, 0.05) is 52.8 Å². The van der Waals surface area contributed by atoms with Gasteiger partial charge in [0.25, 0.3) is 0 Å². The minimum atomic E-state index is -3.28. The Balaban J connectivity index is 1.99. The molecule has 1 aromatic rings. The van der Waals surface area contributed by atoms with E-state index in [1.807, 2.05) is 37.3 Å². The molecule has 3 N–H and O–H groups in total. The lowest BCUT2D eigenvalue weighted by Crippen LogP contribution is -2.48. The average Bonchev–Trinajstić information content (AvgIpc) is 2.86. The molecule has 176 valence electrons. The number of carbonyl (C=O) groups is 1. The van der Waals surface area contributed by atoms with Crippen LogP contribution in [0.5, 0.6) is 0 Å². The van der Waals surface area contributed by atoms with Crippen LogP contribution in [-0.2, 0) is 21.2 Å². The first-order valence-electron chi connectivity index (χ1n) is 11.1. The van der Waals surface area contributed by atoms with Gasteiger partial charge in [0.15, 0.2) is 0 Å². The predicted octanol–water partition coefficient (Wildman–Crippen LogP) is 2.10. The third-order valence-corrected chi connectivity index (χ3v) is 9.51. The fraction of sp³-hybridized carbons (Fsp3) is 0.682. The first-order valence-corrected chi connectivity index (χ1v) is 16.4. The van der Waals surface area contributed by atoms with Crippen molar-refractivity contribution in [3.8, 4) is 0 Å². The monoisotopic (exact) mass is 469 g/mol. The summed E-state index contributed by atoms with van der Waals surface area (Å²) in [6.45, 7) is 12.2. The number of nitrogens with zero attached hydrogens (tertiary/aromatic N) is 1. The normalized spacial score (nSPS) is 22.1. The van der Waals surface area contributed by atoms with Gasteiger partial charge in [0.05, 0.1) is 11.7 Å². The Labute approximate surface area is 188 Å². The van der Waals surface area contributed by atoms with E-state index in [4.69, 9.17) is 0 Å². The average molecular weight is 470 g/mol. The van der Waals surface area contributed by atoms with Crippen LogP contribution in [0.1, 0.15) is 12.5 Å². The molecule has 1 aromatic carbocycles. The number of hydrogen-bond acceptors (Lipinski definition) is 5. The van der Waals surface area contributed by atoms with Gasteiger partial charge in [-0.1, -0.05) is 56.9 Å². The van der Waals surface area contributed by atoms with Crippen LogP contribution in [-0.4, -0.2) is 77.5 Å². The van der Waals surface area contributed by atoms with Crippen molar-refractivity contribution in [2.45, 2.75) is 39.0 Å². The molecule has 31 heavy (non-hydrogen) atoms.